The molecule has 0 heterocycles. The van der Waals surface area contributed by atoms with Gasteiger partial charge in [0.1, 0.15) is 6.79 Å². The first kappa shape index (κ1) is 22.7. The van der Waals surface area contributed by atoms with Crippen LogP contribution in [0.5, 0.6) is 0 Å². The summed E-state index contributed by atoms with van der Waals surface area (Å²) >= 11 is 0. The van der Waals surface area contributed by atoms with Crippen molar-refractivity contribution in [3.05, 3.63) is 0 Å². The van der Waals surface area contributed by atoms with E-state index in [0.717, 1.165) is 38.0 Å². The van der Waals surface area contributed by atoms with Crippen LogP contribution in [-0.2, 0) is 9.47 Å². The first-order valence-electron chi connectivity index (χ1n) is 11.9. The molecule has 2 saturated carbocycles. The van der Waals surface area contributed by atoms with E-state index in [0.29, 0.717) is 19.0 Å². The molecular formula is C24H43NO2. The molecule has 2 fully saturated rings. The summed E-state index contributed by atoms with van der Waals surface area (Å²) in [5.41, 5.74) is -0.0773. The van der Waals surface area contributed by atoms with Gasteiger partial charge >= 0.3 is 0 Å². The smallest absolute Gasteiger partial charge is 0.147 e. The van der Waals surface area contributed by atoms with E-state index in [1.807, 2.05) is 0 Å². The van der Waals surface area contributed by atoms with Crippen LogP contribution in [0.15, 0.2) is 0 Å². The average Bonchev–Trinajstić information content (AvgIpc) is 2.71. The normalized spacial score (nSPS) is 31.5. The Morgan fingerprint density at radius 3 is 2.00 bits per heavy atom. The maximum absolute atomic E-state index is 9.65. The fraction of sp³-hybridized carbons (Fsp3) is 0.958. The van der Waals surface area contributed by atoms with Crippen molar-refractivity contribution in [2.75, 3.05) is 6.79 Å². The molecule has 0 aliphatic heterocycles. The standard InChI is InChI=1S/C24H43NO2/c1-3-5-7-9-21-10-12-22(13-11-21)26-20-27-23-14-17-24(19-25,18-15-23)16-8-6-4-2/h21-23H,3-18,20H2,1-2H3. The number of ether oxygens (including phenoxy) is 2. The zero-order valence-corrected chi connectivity index (χ0v) is 18.0. The Morgan fingerprint density at radius 2 is 1.41 bits per heavy atom. The Bertz CT molecular complexity index is 415. The summed E-state index contributed by atoms with van der Waals surface area (Å²) < 4.78 is 12.1. The quantitative estimate of drug-likeness (QED) is 0.268. The van der Waals surface area contributed by atoms with Crippen molar-refractivity contribution < 1.29 is 9.47 Å². The van der Waals surface area contributed by atoms with Gasteiger partial charge < -0.3 is 9.47 Å². The fourth-order valence-corrected chi connectivity index (χ4v) is 4.94. The second kappa shape index (κ2) is 12.8. The lowest BCUT2D eigenvalue weighted by Crippen LogP contribution is -2.31. The summed E-state index contributed by atoms with van der Waals surface area (Å²) in [5, 5.41) is 9.65. The topological polar surface area (TPSA) is 42.2 Å². The maximum atomic E-state index is 9.65. The van der Waals surface area contributed by atoms with Crippen molar-refractivity contribution in [2.24, 2.45) is 11.3 Å². The first-order valence-corrected chi connectivity index (χ1v) is 11.9. The van der Waals surface area contributed by atoms with Crippen LogP contribution in [0, 0.1) is 22.7 Å². The lowest BCUT2D eigenvalue weighted by molar-refractivity contribution is -0.137. The van der Waals surface area contributed by atoms with Gasteiger partial charge in [-0.1, -0.05) is 58.8 Å². The third-order valence-electron chi connectivity index (χ3n) is 7.00. The van der Waals surface area contributed by atoms with Gasteiger partial charge in [0.25, 0.3) is 0 Å². The van der Waals surface area contributed by atoms with Crippen LogP contribution in [0.1, 0.15) is 117 Å². The van der Waals surface area contributed by atoms with Crippen LogP contribution < -0.4 is 0 Å². The second-order valence-corrected chi connectivity index (χ2v) is 9.14. The predicted octanol–water partition coefficient (Wildman–Crippen LogP) is 7.15. The molecular weight excluding hydrogens is 334 g/mol. The minimum Gasteiger partial charge on any atom is -0.352 e. The summed E-state index contributed by atoms with van der Waals surface area (Å²) in [6, 6.07) is 2.64. The molecule has 0 aromatic rings. The predicted molar refractivity (Wildman–Crippen MR) is 111 cm³/mol. The largest absolute Gasteiger partial charge is 0.352 e. The monoisotopic (exact) mass is 377 g/mol. The van der Waals surface area contributed by atoms with Gasteiger partial charge in [-0.25, -0.2) is 0 Å². The Kier molecular flexibility index (Phi) is 10.7. The molecule has 0 aromatic heterocycles. The highest BCUT2D eigenvalue weighted by Gasteiger charge is 2.35. The summed E-state index contributed by atoms with van der Waals surface area (Å²) in [7, 11) is 0. The molecule has 0 N–H and O–H groups in total. The van der Waals surface area contributed by atoms with Gasteiger partial charge in [0.2, 0.25) is 0 Å². The highest BCUT2D eigenvalue weighted by molar-refractivity contribution is 5.01. The Hall–Kier alpha value is -0.590. The first-order chi connectivity index (χ1) is 13.2. The van der Waals surface area contributed by atoms with E-state index in [4.69, 9.17) is 9.47 Å². The van der Waals surface area contributed by atoms with Crippen molar-refractivity contribution in [3.63, 3.8) is 0 Å². The minimum atomic E-state index is -0.0773. The lowest BCUT2D eigenvalue weighted by atomic mass is 9.71. The van der Waals surface area contributed by atoms with Crippen LogP contribution in [0.4, 0.5) is 0 Å². The van der Waals surface area contributed by atoms with Gasteiger partial charge in [-0.2, -0.15) is 5.26 Å². The molecule has 3 heteroatoms. The molecule has 0 unspecified atom stereocenters. The van der Waals surface area contributed by atoms with Gasteiger partial charge in [0, 0.05) is 0 Å². The highest BCUT2D eigenvalue weighted by atomic mass is 16.7. The van der Waals surface area contributed by atoms with Gasteiger partial charge in [0.15, 0.2) is 0 Å². The Balaban J connectivity index is 1.55. The molecule has 2 rings (SSSR count). The van der Waals surface area contributed by atoms with Crippen molar-refractivity contribution >= 4 is 0 Å². The Labute approximate surface area is 168 Å². The summed E-state index contributed by atoms with van der Waals surface area (Å²) in [5.74, 6) is 0.933. The lowest BCUT2D eigenvalue weighted by Gasteiger charge is -2.35. The zero-order chi connectivity index (χ0) is 19.4. The molecule has 27 heavy (non-hydrogen) atoms. The van der Waals surface area contributed by atoms with Gasteiger partial charge in [-0.15, -0.1) is 0 Å². The van der Waals surface area contributed by atoms with E-state index in [-0.39, 0.29) is 5.41 Å². The molecule has 2 aliphatic carbocycles. The van der Waals surface area contributed by atoms with E-state index >= 15 is 0 Å². The van der Waals surface area contributed by atoms with Gasteiger partial charge in [-0.3, -0.25) is 0 Å². The fourth-order valence-electron chi connectivity index (χ4n) is 4.94. The SMILES string of the molecule is CCCCCC1CCC(OCOC2CCC(C#N)(CCCCC)CC2)CC1. The van der Waals surface area contributed by atoms with Crippen LogP contribution in [0.25, 0.3) is 0 Å². The zero-order valence-electron chi connectivity index (χ0n) is 18.0. The number of hydrogen-bond donors (Lipinski definition) is 0. The number of rotatable bonds is 12. The molecule has 2 aliphatic rings. The number of nitriles is 1. The number of nitrogens with zero attached hydrogens (tertiary/aromatic N) is 1. The van der Waals surface area contributed by atoms with Crippen molar-refractivity contribution in [2.45, 2.75) is 129 Å². The van der Waals surface area contributed by atoms with E-state index in [9.17, 15) is 5.26 Å². The second-order valence-electron chi connectivity index (χ2n) is 9.14. The van der Waals surface area contributed by atoms with E-state index in [2.05, 4.69) is 19.9 Å². The molecule has 0 bridgehead atoms. The minimum absolute atomic E-state index is 0.0773. The third-order valence-corrected chi connectivity index (χ3v) is 7.00. The highest BCUT2D eigenvalue weighted by Crippen LogP contribution is 2.41. The van der Waals surface area contributed by atoms with Crippen molar-refractivity contribution in [1.29, 1.82) is 5.26 Å². The molecule has 3 nitrogen and oxygen atoms in total. The number of unbranched alkanes of at least 4 members (excludes halogenated alkanes) is 4. The third kappa shape index (κ3) is 8.12. The molecule has 0 aromatic carbocycles. The van der Waals surface area contributed by atoms with Crippen LogP contribution in [-0.4, -0.2) is 19.0 Å². The molecule has 156 valence electrons. The van der Waals surface area contributed by atoms with Gasteiger partial charge in [0.05, 0.1) is 23.7 Å². The Morgan fingerprint density at radius 1 is 0.815 bits per heavy atom. The number of hydrogen-bond acceptors (Lipinski definition) is 3. The van der Waals surface area contributed by atoms with Crippen molar-refractivity contribution in [3.8, 4) is 6.07 Å². The van der Waals surface area contributed by atoms with E-state index in [1.165, 1.54) is 70.6 Å². The van der Waals surface area contributed by atoms with Crippen LogP contribution in [0.3, 0.4) is 0 Å². The molecule has 0 radical (unpaired) electrons. The molecule has 0 saturated heterocycles. The molecule has 0 atom stereocenters. The van der Waals surface area contributed by atoms with Gasteiger partial charge in [-0.05, 0) is 63.7 Å². The summed E-state index contributed by atoms with van der Waals surface area (Å²) in [6.45, 7) is 4.96. The summed E-state index contributed by atoms with van der Waals surface area (Å²) in [4.78, 5) is 0. The van der Waals surface area contributed by atoms with E-state index in [1.54, 1.807) is 0 Å². The van der Waals surface area contributed by atoms with E-state index < -0.39 is 0 Å². The molecule has 0 spiro atoms. The summed E-state index contributed by atoms with van der Waals surface area (Å²) in [6.07, 6.45) is 20.1. The average molecular weight is 378 g/mol. The maximum Gasteiger partial charge on any atom is 0.147 e. The molecule has 0 amide bonds. The van der Waals surface area contributed by atoms with Crippen LogP contribution >= 0.6 is 0 Å². The van der Waals surface area contributed by atoms with Crippen molar-refractivity contribution in [1.82, 2.24) is 0 Å². The van der Waals surface area contributed by atoms with Crippen LogP contribution in [0.2, 0.25) is 0 Å².